The maximum absolute atomic E-state index is 5.58. The Labute approximate surface area is 125 Å². The van der Waals surface area contributed by atoms with Crippen molar-refractivity contribution in [3.8, 4) is 0 Å². The molecule has 110 valence electrons. The number of hydrogen-bond donors (Lipinski definition) is 2. The van der Waals surface area contributed by atoms with E-state index in [0.29, 0.717) is 0 Å². The quantitative estimate of drug-likeness (QED) is 0.885. The number of benzene rings is 1. The summed E-state index contributed by atoms with van der Waals surface area (Å²) in [6.45, 7) is 0.733. The van der Waals surface area contributed by atoms with Gasteiger partial charge in [-0.1, -0.05) is 12.1 Å². The Bertz CT molecular complexity index is 609. The van der Waals surface area contributed by atoms with Gasteiger partial charge in [-0.05, 0) is 62.8 Å². The lowest BCUT2D eigenvalue weighted by Gasteiger charge is -2.18. The number of nitrogens with two attached hydrogens (primary N) is 1. The molecule has 2 aromatic rings. The molecule has 0 radical (unpaired) electrons. The van der Waals surface area contributed by atoms with E-state index in [2.05, 4.69) is 39.6 Å². The number of nitrogens with one attached hydrogen (secondary N) is 1. The standard InChI is InChI=1S/C17H22N4/c18-10-4-6-13-5-3-7-14(11-13)21-17-15-8-1-2-9-16(15)19-12-20-17/h3,5,7,11-12H,1-2,4,6,8-10,18H2,(H,19,20,21). The third-order valence-electron chi connectivity index (χ3n) is 3.98. The minimum Gasteiger partial charge on any atom is -0.340 e. The topological polar surface area (TPSA) is 63.8 Å². The molecular weight excluding hydrogens is 260 g/mol. The van der Waals surface area contributed by atoms with Gasteiger partial charge in [0, 0.05) is 16.9 Å². The van der Waals surface area contributed by atoms with Gasteiger partial charge in [-0.2, -0.15) is 0 Å². The second kappa shape index (κ2) is 6.68. The van der Waals surface area contributed by atoms with Crippen molar-refractivity contribution in [1.29, 1.82) is 0 Å². The summed E-state index contributed by atoms with van der Waals surface area (Å²) >= 11 is 0. The number of aromatic nitrogens is 2. The highest BCUT2D eigenvalue weighted by Crippen LogP contribution is 2.27. The Hall–Kier alpha value is -1.94. The smallest absolute Gasteiger partial charge is 0.137 e. The molecule has 1 aliphatic carbocycles. The van der Waals surface area contributed by atoms with Crippen molar-refractivity contribution in [1.82, 2.24) is 9.97 Å². The number of rotatable bonds is 5. The summed E-state index contributed by atoms with van der Waals surface area (Å²) in [5, 5.41) is 3.47. The van der Waals surface area contributed by atoms with Gasteiger partial charge in [0.15, 0.2) is 0 Å². The van der Waals surface area contributed by atoms with Crippen molar-refractivity contribution in [2.24, 2.45) is 5.73 Å². The molecule has 3 N–H and O–H groups in total. The molecule has 0 atom stereocenters. The van der Waals surface area contributed by atoms with E-state index in [0.717, 1.165) is 43.7 Å². The van der Waals surface area contributed by atoms with Crippen LogP contribution in [0.15, 0.2) is 30.6 Å². The zero-order valence-corrected chi connectivity index (χ0v) is 12.3. The predicted octanol–water partition coefficient (Wildman–Crippen LogP) is 2.99. The number of fused-ring (bicyclic) bond motifs is 1. The van der Waals surface area contributed by atoms with Crippen molar-refractivity contribution in [3.63, 3.8) is 0 Å². The van der Waals surface area contributed by atoms with E-state index in [-0.39, 0.29) is 0 Å². The predicted molar refractivity (Wildman–Crippen MR) is 85.8 cm³/mol. The molecule has 1 aliphatic rings. The van der Waals surface area contributed by atoms with E-state index >= 15 is 0 Å². The number of hydrogen-bond acceptors (Lipinski definition) is 4. The van der Waals surface area contributed by atoms with Crippen LogP contribution in [0.2, 0.25) is 0 Å². The van der Waals surface area contributed by atoms with Crippen molar-refractivity contribution in [2.75, 3.05) is 11.9 Å². The van der Waals surface area contributed by atoms with Gasteiger partial charge in [-0.15, -0.1) is 0 Å². The van der Waals surface area contributed by atoms with E-state index < -0.39 is 0 Å². The lowest BCUT2D eigenvalue weighted by Crippen LogP contribution is -2.10. The van der Waals surface area contributed by atoms with Crippen LogP contribution in [0.1, 0.15) is 36.1 Å². The first-order valence-electron chi connectivity index (χ1n) is 7.75. The summed E-state index contributed by atoms with van der Waals surface area (Å²) in [4.78, 5) is 8.85. The van der Waals surface area contributed by atoms with Crippen LogP contribution in [0.25, 0.3) is 0 Å². The van der Waals surface area contributed by atoms with E-state index in [1.165, 1.54) is 29.7 Å². The van der Waals surface area contributed by atoms with Crippen LogP contribution in [0, 0.1) is 0 Å². The largest absolute Gasteiger partial charge is 0.340 e. The third kappa shape index (κ3) is 3.39. The van der Waals surface area contributed by atoms with E-state index in [1.54, 1.807) is 6.33 Å². The number of anilines is 2. The molecular formula is C17H22N4. The number of nitrogens with zero attached hydrogens (tertiary/aromatic N) is 2. The van der Waals surface area contributed by atoms with E-state index in [4.69, 9.17) is 5.73 Å². The van der Waals surface area contributed by atoms with Crippen LogP contribution in [-0.2, 0) is 19.3 Å². The molecule has 1 aromatic carbocycles. The van der Waals surface area contributed by atoms with Crippen LogP contribution in [0.5, 0.6) is 0 Å². The van der Waals surface area contributed by atoms with E-state index in [1.807, 2.05) is 0 Å². The molecule has 0 saturated carbocycles. The van der Waals surface area contributed by atoms with Crippen molar-refractivity contribution >= 4 is 11.5 Å². The van der Waals surface area contributed by atoms with Crippen molar-refractivity contribution in [2.45, 2.75) is 38.5 Å². The van der Waals surface area contributed by atoms with Gasteiger partial charge in [0.05, 0.1) is 0 Å². The second-order valence-electron chi connectivity index (χ2n) is 5.57. The highest BCUT2D eigenvalue weighted by molar-refractivity contribution is 5.61. The summed E-state index contributed by atoms with van der Waals surface area (Å²) in [7, 11) is 0. The van der Waals surface area contributed by atoms with Gasteiger partial charge in [0.25, 0.3) is 0 Å². The Kier molecular flexibility index (Phi) is 4.46. The van der Waals surface area contributed by atoms with Gasteiger partial charge in [-0.25, -0.2) is 9.97 Å². The summed E-state index contributed by atoms with van der Waals surface area (Å²) < 4.78 is 0. The third-order valence-corrected chi connectivity index (χ3v) is 3.98. The fourth-order valence-corrected chi connectivity index (χ4v) is 2.88. The van der Waals surface area contributed by atoms with Gasteiger partial charge in [0.1, 0.15) is 12.1 Å². The first kappa shape index (κ1) is 14.0. The molecule has 0 fully saturated rings. The Morgan fingerprint density at radius 1 is 1.14 bits per heavy atom. The molecule has 0 aliphatic heterocycles. The lowest BCUT2D eigenvalue weighted by atomic mass is 9.96. The molecule has 0 unspecified atom stereocenters. The van der Waals surface area contributed by atoms with Crippen LogP contribution in [0.3, 0.4) is 0 Å². The Balaban J connectivity index is 1.80. The lowest BCUT2D eigenvalue weighted by molar-refractivity contribution is 0.664. The monoisotopic (exact) mass is 282 g/mol. The highest BCUT2D eigenvalue weighted by atomic mass is 15.0. The van der Waals surface area contributed by atoms with Crippen LogP contribution < -0.4 is 11.1 Å². The maximum atomic E-state index is 5.58. The molecule has 3 rings (SSSR count). The summed E-state index contributed by atoms with van der Waals surface area (Å²) in [6, 6.07) is 8.51. The van der Waals surface area contributed by atoms with Gasteiger partial charge >= 0.3 is 0 Å². The first-order valence-corrected chi connectivity index (χ1v) is 7.75. The van der Waals surface area contributed by atoms with Crippen molar-refractivity contribution in [3.05, 3.63) is 47.4 Å². The molecule has 1 aromatic heterocycles. The van der Waals surface area contributed by atoms with Gasteiger partial charge in [-0.3, -0.25) is 0 Å². The van der Waals surface area contributed by atoms with Crippen LogP contribution >= 0.6 is 0 Å². The fourth-order valence-electron chi connectivity index (χ4n) is 2.88. The van der Waals surface area contributed by atoms with Gasteiger partial charge < -0.3 is 11.1 Å². The summed E-state index contributed by atoms with van der Waals surface area (Å²) in [5.41, 5.74) is 10.5. The summed E-state index contributed by atoms with van der Waals surface area (Å²) in [6.07, 6.45) is 8.32. The minimum absolute atomic E-state index is 0.733. The summed E-state index contributed by atoms with van der Waals surface area (Å²) in [5.74, 6) is 0.968. The Morgan fingerprint density at radius 3 is 2.95 bits per heavy atom. The number of aryl methyl sites for hydroxylation is 2. The molecule has 1 heterocycles. The maximum Gasteiger partial charge on any atom is 0.137 e. The zero-order chi connectivity index (χ0) is 14.5. The molecule has 4 heteroatoms. The Morgan fingerprint density at radius 2 is 2.05 bits per heavy atom. The van der Waals surface area contributed by atoms with Gasteiger partial charge in [0.2, 0.25) is 0 Å². The average Bonchev–Trinajstić information content (AvgIpc) is 2.54. The highest BCUT2D eigenvalue weighted by Gasteiger charge is 2.15. The van der Waals surface area contributed by atoms with E-state index in [9.17, 15) is 0 Å². The normalized spacial score (nSPS) is 13.8. The van der Waals surface area contributed by atoms with Crippen LogP contribution in [-0.4, -0.2) is 16.5 Å². The first-order chi connectivity index (χ1) is 10.4. The van der Waals surface area contributed by atoms with Crippen molar-refractivity contribution < 1.29 is 0 Å². The molecule has 0 bridgehead atoms. The van der Waals surface area contributed by atoms with Crippen LogP contribution in [0.4, 0.5) is 11.5 Å². The second-order valence-corrected chi connectivity index (χ2v) is 5.57. The molecule has 0 saturated heterocycles. The SMILES string of the molecule is NCCCc1cccc(Nc2ncnc3c2CCCC3)c1. The molecule has 0 amide bonds. The zero-order valence-electron chi connectivity index (χ0n) is 12.3. The fraction of sp³-hybridized carbons (Fsp3) is 0.412. The molecule has 0 spiro atoms. The minimum atomic E-state index is 0.733. The molecule has 21 heavy (non-hydrogen) atoms. The average molecular weight is 282 g/mol. The molecule has 4 nitrogen and oxygen atoms in total.